The lowest BCUT2D eigenvalue weighted by Crippen LogP contribution is -2.32. The number of carboxylic acids is 1. The number of carbonyl (C=O) groups is 2. The number of likely N-dealkylation sites (tertiary alicyclic amines) is 1. The number of aromatic carboxylic acids is 1. The molecule has 1 aliphatic rings. The van der Waals surface area contributed by atoms with Crippen molar-refractivity contribution in [1.82, 2.24) is 9.47 Å². The molecule has 2 N–H and O–H groups in total. The molecule has 1 unspecified atom stereocenters. The van der Waals surface area contributed by atoms with Crippen molar-refractivity contribution in [2.24, 2.45) is 0 Å². The van der Waals surface area contributed by atoms with Gasteiger partial charge in [-0.1, -0.05) is 36.4 Å². The summed E-state index contributed by atoms with van der Waals surface area (Å²) in [5.41, 5.74) is 2.03. The zero-order chi connectivity index (χ0) is 20.6. The molecule has 2 heterocycles. The van der Waals surface area contributed by atoms with Gasteiger partial charge in [-0.15, -0.1) is 0 Å². The summed E-state index contributed by atoms with van der Waals surface area (Å²) < 4.78 is 1.99. The zero-order valence-electron chi connectivity index (χ0n) is 16.3. The van der Waals surface area contributed by atoms with E-state index in [1.807, 2.05) is 35.0 Å². The predicted molar refractivity (Wildman–Crippen MR) is 112 cm³/mol. The number of hydrogen-bond acceptors (Lipinski definition) is 4. The van der Waals surface area contributed by atoms with Crippen molar-refractivity contribution in [3.63, 3.8) is 0 Å². The van der Waals surface area contributed by atoms with Gasteiger partial charge in [0.25, 0.3) is 0 Å². The molecule has 4 rings (SSSR count). The number of rotatable bonds is 6. The number of aromatic nitrogens is 1. The first kappa shape index (κ1) is 20.8. The first-order chi connectivity index (χ1) is 14.1. The second-order valence-electron chi connectivity index (χ2n) is 7.20. The van der Waals surface area contributed by atoms with E-state index in [1.165, 1.54) is 12.8 Å². The van der Waals surface area contributed by atoms with Crippen LogP contribution in [0.4, 0.5) is 0 Å². The van der Waals surface area contributed by atoms with E-state index in [2.05, 4.69) is 4.90 Å². The summed E-state index contributed by atoms with van der Waals surface area (Å²) >= 11 is 0. The maximum absolute atomic E-state index is 11.1. The van der Waals surface area contributed by atoms with Crippen molar-refractivity contribution < 1.29 is 19.8 Å². The summed E-state index contributed by atoms with van der Waals surface area (Å²) in [6, 6.07) is 16.1. The number of hydrogen-bond donors (Lipinski definition) is 2. The van der Waals surface area contributed by atoms with E-state index >= 15 is 0 Å². The van der Waals surface area contributed by atoms with E-state index in [0.29, 0.717) is 24.2 Å². The number of aliphatic hydroxyl groups is 1. The van der Waals surface area contributed by atoms with Crippen LogP contribution < -0.4 is 0 Å². The van der Waals surface area contributed by atoms with Gasteiger partial charge in [-0.05, 0) is 44.1 Å². The Bertz CT molecular complexity index is 946. The Labute approximate surface area is 170 Å². The molecular formula is C23H26N2O4. The fourth-order valence-electron chi connectivity index (χ4n) is 3.65. The Morgan fingerprint density at radius 2 is 1.66 bits per heavy atom. The van der Waals surface area contributed by atoms with Crippen LogP contribution in [0.15, 0.2) is 60.8 Å². The molecule has 2 aromatic carbocycles. The number of β-amino-alcohol motifs (C(OH)–C–C–N with tert-alkyl or cyclic N) is 1. The van der Waals surface area contributed by atoms with Crippen LogP contribution in [0.5, 0.6) is 0 Å². The van der Waals surface area contributed by atoms with Crippen molar-refractivity contribution in [2.75, 3.05) is 19.6 Å². The summed E-state index contributed by atoms with van der Waals surface area (Å²) in [7, 11) is 0. The molecule has 29 heavy (non-hydrogen) atoms. The molecule has 1 atom stereocenters. The lowest BCUT2D eigenvalue weighted by atomic mass is 10.2. The van der Waals surface area contributed by atoms with E-state index in [0.717, 1.165) is 30.3 Å². The number of para-hydroxylation sites is 1. The maximum Gasteiger partial charge on any atom is 0.335 e. The van der Waals surface area contributed by atoms with Gasteiger partial charge in [0.2, 0.25) is 0 Å². The minimum Gasteiger partial charge on any atom is -0.478 e. The Morgan fingerprint density at radius 3 is 2.28 bits per heavy atom. The fourth-order valence-corrected chi connectivity index (χ4v) is 3.65. The number of benzene rings is 2. The highest BCUT2D eigenvalue weighted by Gasteiger charge is 2.17. The molecule has 6 heteroatoms. The fraction of sp³-hybridized carbons (Fsp3) is 0.304. The van der Waals surface area contributed by atoms with Gasteiger partial charge >= 0.3 is 5.97 Å². The average Bonchev–Trinajstić information content (AvgIpc) is 3.37. The first-order valence-electron chi connectivity index (χ1n) is 9.80. The number of carbonyl (C=O) groups excluding carboxylic acids is 1. The molecule has 0 bridgehead atoms. The lowest BCUT2D eigenvalue weighted by molar-refractivity contribution is 0.0696. The monoisotopic (exact) mass is 394 g/mol. The molecule has 0 saturated carbocycles. The minimum absolute atomic E-state index is 0.331. The Kier molecular flexibility index (Phi) is 7.16. The predicted octanol–water partition coefficient (Wildman–Crippen LogP) is 3.30. The van der Waals surface area contributed by atoms with E-state index in [4.69, 9.17) is 5.11 Å². The van der Waals surface area contributed by atoms with Gasteiger partial charge in [-0.3, -0.25) is 4.79 Å². The van der Waals surface area contributed by atoms with E-state index < -0.39 is 12.1 Å². The van der Waals surface area contributed by atoms with E-state index in [-0.39, 0.29) is 0 Å². The quantitative estimate of drug-likeness (QED) is 0.627. The van der Waals surface area contributed by atoms with Crippen LogP contribution in [0.25, 0.3) is 10.9 Å². The third kappa shape index (κ3) is 5.53. The molecular weight excluding hydrogens is 368 g/mol. The normalized spacial score (nSPS) is 14.9. The van der Waals surface area contributed by atoms with Gasteiger partial charge in [0.05, 0.1) is 11.7 Å². The molecule has 6 nitrogen and oxygen atoms in total. The highest BCUT2D eigenvalue weighted by atomic mass is 16.4. The highest BCUT2D eigenvalue weighted by molar-refractivity contribution is 5.97. The van der Waals surface area contributed by atoms with E-state index in [9.17, 15) is 14.7 Å². The Morgan fingerprint density at radius 1 is 1.00 bits per heavy atom. The molecule has 1 aromatic heterocycles. The Balaban J connectivity index is 0.000000224. The van der Waals surface area contributed by atoms with Gasteiger partial charge in [-0.25, -0.2) is 4.79 Å². The van der Waals surface area contributed by atoms with Crippen LogP contribution in [0.2, 0.25) is 0 Å². The second-order valence-corrected chi connectivity index (χ2v) is 7.20. The number of fused-ring (bicyclic) bond motifs is 1. The number of nitrogens with zero attached hydrogens (tertiary/aromatic N) is 2. The highest BCUT2D eigenvalue weighted by Crippen LogP contribution is 2.20. The smallest absolute Gasteiger partial charge is 0.335 e. The maximum atomic E-state index is 11.1. The molecule has 0 radical (unpaired) electrons. The molecule has 1 fully saturated rings. The summed E-state index contributed by atoms with van der Waals surface area (Å²) in [5.74, 6) is -0.879. The summed E-state index contributed by atoms with van der Waals surface area (Å²) in [5, 5.41) is 19.6. The summed E-state index contributed by atoms with van der Waals surface area (Å²) in [6.45, 7) is 3.42. The lowest BCUT2D eigenvalue weighted by Gasteiger charge is -2.20. The molecule has 3 aromatic rings. The SMILES string of the molecule is O=C(O)c1ccccc1.O=Cc1cn(CC(O)CN2CCCC2)c2ccccc12. The van der Waals surface area contributed by atoms with Gasteiger partial charge < -0.3 is 19.7 Å². The van der Waals surface area contributed by atoms with Crippen LogP contribution in [-0.2, 0) is 6.54 Å². The minimum atomic E-state index is -0.879. The number of aliphatic hydroxyl groups excluding tert-OH is 1. The van der Waals surface area contributed by atoms with Crippen molar-refractivity contribution in [3.8, 4) is 0 Å². The van der Waals surface area contributed by atoms with Crippen molar-refractivity contribution >= 4 is 23.2 Å². The number of carboxylic acid groups (broad SMARTS) is 1. The number of aldehydes is 1. The molecule has 152 valence electrons. The third-order valence-electron chi connectivity index (χ3n) is 5.04. The summed E-state index contributed by atoms with van der Waals surface area (Å²) in [4.78, 5) is 23.6. The van der Waals surface area contributed by atoms with Gasteiger partial charge in [-0.2, -0.15) is 0 Å². The molecule has 0 aliphatic carbocycles. The molecule has 1 aliphatic heterocycles. The first-order valence-corrected chi connectivity index (χ1v) is 9.80. The second kappa shape index (κ2) is 10.0. The Hall–Kier alpha value is -2.96. The molecule has 0 amide bonds. The van der Waals surface area contributed by atoms with Crippen molar-refractivity contribution in [2.45, 2.75) is 25.5 Å². The largest absolute Gasteiger partial charge is 0.478 e. The van der Waals surface area contributed by atoms with E-state index in [1.54, 1.807) is 30.3 Å². The zero-order valence-corrected chi connectivity index (χ0v) is 16.3. The summed E-state index contributed by atoms with van der Waals surface area (Å²) in [6.07, 6.45) is 4.78. The average molecular weight is 394 g/mol. The van der Waals surface area contributed by atoms with Crippen molar-refractivity contribution in [3.05, 3.63) is 71.9 Å². The van der Waals surface area contributed by atoms with Gasteiger partial charge in [0.15, 0.2) is 6.29 Å². The van der Waals surface area contributed by atoms with Gasteiger partial charge in [0, 0.05) is 35.8 Å². The van der Waals surface area contributed by atoms with Gasteiger partial charge in [0.1, 0.15) is 0 Å². The van der Waals surface area contributed by atoms with Crippen LogP contribution in [0.1, 0.15) is 33.6 Å². The topological polar surface area (TPSA) is 82.8 Å². The van der Waals surface area contributed by atoms with Crippen LogP contribution in [0, 0.1) is 0 Å². The third-order valence-corrected chi connectivity index (χ3v) is 5.04. The van der Waals surface area contributed by atoms with Crippen LogP contribution in [0.3, 0.4) is 0 Å². The molecule has 0 spiro atoms. The standard InChI is InChI=1S/C16H20N2O2.C7H6O2/c19-12-13-9-18(16-6-2-1-5-15(13)16)11-14(20)10-17-7-3-4-8-17;8-7(9)6-4-2-1-3-5-6/h1-2,5-6,9,12,14,20H,3-4,7-8,10-11H2;1-5H,(H,8,9). The van der Waals surface area contributed by atoms with Crippen LogP contribution in [-0.4, -0.2) is 57.7 Å². The van der Waals surface area contributed by atoms with Crippen LogP contribution >= 0.6 is 0 Å². The van der Waals surface area contributed by atoms with Crippen molar-refractivity contribution in [1.29, 1.82) is 0 Å². The molecule has 1 saturated heterocycles.